The summed E-state index contributed by atoms with van der Waals surface area (Å²) in [6.07, 6.45) is 1.71. The molecule has 6 nitrogen and oxygen atoms in total. The molecule has 9 heteroatoms. The summed E-state index contributed by atoms with van der Waals surface area (Å²) in [7, 11) is 1.58. The maximum absolute atomic E-state index is 12.6. The summed E-state index contributed by atoms with van der Waals surface area (Å²) in [6.45, 7) is -0.267. The van der Waals surface area contributed by atoms with Crippen LogP contribution in [0.2, 0.25) is 5.02 Å². The van der Waals surface area contributed by atoms with Crippen molar-refractivity contribution in [2.75, 3.05) is 19.0 Å². The number of nitrogens with one attached hydrogen (secondary N) is 1. The van der Waals surface area contributed by atoms with Crippen LogP contribution < -0.4 is 10.1 Å². The number of thioether (sulfide) groups is 1. The summed E-state index contributed by atoms with van der Waals surface area (Å²) < 4.78 is 5.40. The summed E-state index contributed by atoms with van der Waals surface area (Å²) in [4.78, 5) is 26.6. The first-order chi connectivity index (χ1) is 13.4. The lowest BCUT2D eigenvalue weighted by Gasteiger charge is -2.14. The van der Waals surface area contributed by atoms with Crippen LogP contribution in [0.15, 0.2) is 47.4 Å². The minimum Gasteiger partial charge on any atom is -0.506 e. The molecular formula is C19H15ClN2O4S2. The molecule has 0 atom stereocenters. The molecule has 0 aromatic heterocycles. The van der Waals surface area contributed by atoms with Crippen LogP contribution in [0.1, 0.15) is 5.56 Å². The normalized spacial score (nSPS) is 15.2. The molecule has 0 radical (unpaired) electrons. The van der Waals surface area contributed by atoms with Gasteiger partial charge in [0, 0.05) is 5.02 Å². The van der Waals surface area contributed by atoms with Gasteiger partial charge in [-0.2, -0.15) is 0 Å². The second-order valence-electron chi connectivity index (χ2n) is 5.75. The first-order valence-corrected chi connectivity index (χ1v) is 9.65. The number of hydrogen-bond donors (Lipinski definition) is 2. The van der Waals surface area contributed by atoms with Gasteiger partial charge in [0.05, 0.1) is 17.7 Å². The summed E-state index contributed by atoms with van der Waals surface area (Å²) in [5.74, 6) is -0.260. The lowest BCUT2D eigenvalue weighted by atomic mass is 10.2. The van der Waals surface area contributed by atoms with E-state index in [9.17, 15) is 14.7 Å². The highest BCUT2D eigenvalue weighted by molar-refractivity contribution is 8.26. The van der Waals surface area contributed by atoms with Crippen LogP contribution >= 0.6 is 35.6 Å². The topological polar surface area (TPSA) is 78.9 Å². The first kappa shape index (κ1) is 20.2. The Labute approximate surface area is 176 Å². The highest BCUT2D eigenvalue weighted by atomic mass is 35.5. The fourth-order valence-electron chi connectivity index (χ4n) is 2.43. The Kier molecular flexibility index (Phi) is 6.23. The molecule has 2 aromatic carbocycles. The molecule has 1 fully saturated rings. The van der Waals surface area contributed by atoms with E-state index in [1.807, 2.05) is 12.1 Å². The number of anilines is 1. The average molecular weight is 435 g/mol. The third-order valence-electron chi connectivity index (χ3n) is 3.82. The van der Waals surface area contributed by atoms with Crippen LogP contribution in [-0.4, -0.2) is 39.8 Å². The maximum atomic E-state index is 12.6. The van der Waals surface area contributed by atoms with Crippen molar-refractivity contribution in [2.24, 2.45) is 0 Å². The number of ether oxygens (including phenoxy) is 1. The predicted octanol–water partition coefficient (Wildman–Crippen LogP) is 3.89. The molecule has 1 aliphatic rings. The van der Waals surface area contributed by atoms with Crippen molar-refractivity contribution in [1.82, 2.24) is 4.90 Å². The molecule has 0 spiro atoms. The quantitative estimate of drug-likeness (QED) is 0.422. The van der Waals surface area contributed by atoms with Gasteiger partial charge >= 0.3 is 0 Å². The van der Waals surface area contributed by atoms with E-state index >= 15 is 0 Å². The van der Waals surface area contributed by atoms with E-state index in [1.165, 1.54) is 23.1 Å². The zero-order valence-electron chi connectivity index (χ0n) is 14.6. The SMILES string of the molecule is COc1ccc(/C=C2\SC(=S)N(CC(=O)Nc3cc(Cl)ccc3O)C2=O)cc1. The lowest BCUT2D eigenvalue weighted by molar-refractivity contribution is -0.126. The zero-order valence-corrected chi connectivity index (χ0v) is 17.0. The Morgan fingerprint density at radius 2 is 2.04 bits per heavy atom. The van der Waals surface area contributed by atoms with Crippen molar-refractivity contribution in [1.29, 1.82) is 0 Å². The minimum atomic E-state index is -0.500. The Morgan fingerprint density at radius 3 is 2.71 bits per heavy atom. The Balaban J connectivity index is 1.70. The average Bonchev–Trinajstić information content (AvgIpc) is 2.92. The number of aromatic hydroxyl groups is 1. The third-order valence-corrected chi connectivity index (χ3v) is 5.43. The third kappa shape index (κ3) is 4.64. The molecule has 3 rings (SSSR count). The molecule has 0 aliphatic carbocycles. The molecular weight excluding hydrogens is 420 g/mol. The van der Waals surface area contributed by atoms with Crippen LogP contribution in [0, 0.1) is 0 Å². The van der Waals surface area contributed by atoms with E-state index in [0.717, 1.165) is 17.3 Å². The second kappa shape index (κ2) is 8.64. The number of phenols is 1. The van der Waals surface area contributed by atoms with Gasteiger partial charge in [-0.05, 0) is 42.0 Å². The predicted molar refractivity (Wildman–Crippen MR) is 115 cm³/mol. The largest absolute Gasteiger partial charge is 0.506 e. The summed E-state index contributed by atoms with van der Waals surface area (Å²) in [5.41, 5.74) is 0.978. The monoisotopic (exact) mass is 434 g/mol. The van der Waals surface area contributed by atoms with Crippen LogP contribution in [0.4, 0.5) is 5.69 Å². The van der Waals surface area contributed by atoms with E-state index in [-0.39, 0.29) is 28.2 Å². The van der Waals surface area contributed by atoms with Crippen molar-refractivity contribution >= 4 is 63.5 Å². The smallest absolute Gasteiger partial charge is 0.266 e. The van der Waals surface area contributed by atoms with Gasteiger partial charge in [0.15, 0.2) is 0 Å². The molecule has 2 N–H and O–H groups in total. The zero-order chi connectivity index (χ0) is 20.3. The van der Waals surface area contributed by atoms with Crippen molar-refractivity contribution in [3.05, 3.63) is 58.0 Å². The number of thiocarbonyl (C=S) groups is 1. The van der Waals surface area contributed by atoms with Crippen molar-refractivity contribution in [3.63, 3.8) is 0 Å². The summed E-state index contributed by atoms with van der Waals surface area (Å²) in [6, 6.07) is 11.5. The van der Waals surface area contributed by atoms with Gasteiger partial charge in [-0.1, -0.05) is 47.7 Å². The molecule has 1 heterocycles. The van der Waals surface area contributed by atoms with Gasteiger partial charge in [-0.3, -0.25) is 14.5 Å². The molecule has 2 amide bonds. The number of carbonyl (C=O) groups is 2. The number of carbonyl (C=O) groups excluding carboxylic acids is 2. The fourth-order valence-corrected chi connectivity index (χ4v) is 3.86. The first-order valence-electron chi connectivity index (χ1n) is 8.05. The van der Waals surface area contributed by atoms with Crippen LogP contribution in [0.5, 0.6) is 11.5 Å². The van der Waals surface area contributed by atoms with Crippen LogP contribution in [-0.2, 0) is 9.59 Å². The van der Waals surface area contributed by atoms with Crippen molar-refractivity contribution in [2.45, 2.75) is 0 Å². The van der Waals surface area contributed by atoms with Crippen LogP contribution in [0.3, 0.4) is 0 Å². The standard InChI is InChI=1S/C19H15ClN2O4S2/c1-26-13-5-2-11(3-6-13)8-16-18(25)22(19(27)28-16)10-17(24)21-14-9-12(20)4-7-15(14)23/h2-9,23H,10H2,1H3,(H,21,24)/b16-8-. The fraction of sp³-hybridized carbons (Fsp3) is 0.105. The lowest BCUT2D eigenvalue weighted by Crippen LogP contribution is -2.36. The van der Waals surface area contributed by atoms with Gasteiger partial charge in [0.1, 0.15) is 22.4 Å². The Bertz CT molecular complexity index is 976. The second-order valence-corrected chi connectivity index (χ2v) is 7.86. The van der Waals surface area contributed by atoms with Gasteiger partial charge < -0.3 is 15.2 Å². The minimum absolute atomic E-state index is 0.123. The number of methoxy groups -OCH3 is 1. The van der Waals surface area contributed by atoms with E-state index in [4.69, 9.17) is 28.6 Å². The molecule has 28 heavy (non-hydrogen) atoms. The highest BCUT2D eigenvalue weighted by Crippen LogP contribution is 2.33. The van der Waals surface area contributed by atoms with Gasteiger partial charge in [0.25, 0.3) is 5.91 Å². The molecule has 0 saturated carbocycles. The van der Waals surface area contributed by atoms with E-state index < -0.39 is 5.91 Å². The Morgan fingerprint density at radius 1 is 1.32 bits per heavy atom. The number of benzene rings is 2. The molecule has 1 saturated heterocycles. The van der Waals surface area contributed by atoms with Gasteiger partial charge in [-0.25, -0.2) is 0 Å². The molecule has 0 unspecified atom stereocenters. The number of hydrogen-bond acceptors (Lipinski definition) is 6. The molecule has 2 aromatic rings. The summed E-state index contributed by atoms with van der Waals surface area (Å²) >= 11 is 12.2. The van der Waals surface area contributed by atoms with Crippen molar-refractivity contribution < 1.29 is 19.4 Å². The number of halogens is 1. The maximum Gasteiger partial charge on any atom is 0.266 e. The van der Waals surface area contributed by atoms with Gasteiger partial charge in [-0.15, -0.1) is 0 Å². The van der Waals surface area contributed by atoms with Crippen LogP contribution in [0.25, 0.3) is 6.08 Å². The number of nitrogens with zero attached hydrogens (tertiary/aromatic N) is 1. The molecule has 144 valence electrons. The Hall–Kier alpha value is -2.55. The van der Waals surface area contributed by atoms with Crippen molar-refractivity contribution in [3.8, 4) is 11.5 Å². The van der Waals surface area contributed by atoms with Gasteiger partial charge in [0.2, 0.25) is 5.91 Å². The number of phenolic OH excluding ortho intramolecular Hbond substituents is 1. The molecule has 1 aliphatic heterocycles. The summed E-state index contributed by atoms with van der Waals surface area (Å²) in [5, 5.41) is 12.7. The van der Waals surface area contributed by atoms with E-state index in [0.29, 0.717) is 15.7 Å². The highest BCUT2D eigenvalue weighted by Gasteiger charge is 2.33. The van der Waals surface area contributed by atoms with E-state index in [1.54, 1.807) is 25.3 Å². The number of amides is 2. The molecule has 0 bridgehead atoms. The number of rotatable bonds is 5. The van der Waals surface area contributed by atoms with E-state index in [2.05, 4.69) is 5.32 Å².